The molecule has 0 saturated carbocycles. The molecule has 5 aromatic heterocycles. The van der Waals surface area contributed by atoms with Gasteiger partial charge in [-0.15, -0.1) is 0 Å². The molecule has 110 heavy (non-hydrogen) atoms. The number of hydrogen-bond donors (Lipinski definition) is 6. The maximum Gasteiger partial charge on any atom is 0.169 e. The number of rotatable bonds is 11. The number of nitrogens with two attached hydrogens (primary N) is 4. The Balaban J connectivity index is 0.000000191. The first-order valence-corrected chi connectivity index (χ1v) is 38.6. The van der Waals surface area contributed by atoms with Gasteiger partial charge >= 0.3 is 0 Å². The van der Waals surface area contributed by atoms with Crippen molar-refractivity contribution in [3.63, 3.8) is 0 Å². The van der Waals surface area contributed by atoms with E-state index in [-0.39, 0.29) is 50.8 Å². The normalized spacial score (nSPS) is 12.7. The molecule has 0 spiro atoms. The summed E-state index contributed by atoms with van der Waals surface area (Å²) in [5, 5.41) is 30.6. The van der Waals surface area contributed by atoms with Gasteiger partial charge in [-0.25, -0.2) is 49.2 Å². The first-order chi connectivity index (χ1) is 51.0. The molecule has 0 bridgehead atoms. The zero-order valence-electron chi connectivity index (χ0n) is 71.0. The maximum atomic E-state index is 14.5. The Bertz CT molecular complexity index is 4860. The third-order valence-electron chi connectivity index (χ3n) is 20.5. The van der Waals surface area contributed by atoms with Crippen LogP contribution >= 0.6 is 0 Å². The fourth-order valence-corrected chi connectivity index (χ4v) is 14.1. The quantitative estimate of drug-likeness (QED) is 0.0702. The molecule has 10 N–H and O–H groups in total. The molecule has 0 fully saturated rings. The van der Waals surface area contributed by atoms with E-state index in [2.05, 4.69) is 239 Å². The van der Waals surface area contributed by atoms with Crippen molar-refractivity contribution < 1.29 is 14.6 Å². The molecule has 584 valence electrons. The molecular formula is C93H123FN14O2. The Morgan fingerprint density at radius 3 is 1.25 bits per heavy atom. The number of aromatic hydroxyl groups is 2. The van der Waals surface area contributed by atoms with Crippen molar-refractivity contribution in [2.75, 3.05) is 17.2 Å². The van der Waals surface area contributed by atoms with Crippen LogP contribution in [0.3, 0.4) is 0 Å². The van der Waals surface area contributed by atoms with Crippen LogP contribution in [0.15, 0.2) is 109 Å². The minimum absolute atomic E-state index is 0.0977. The van der Waals surface area contributed by atoms with Crippen molar-refractivity contribution in [1.29, 1.82) is 5.26 Å². The molecule has 11 rings (SSSR count). The molecule has 1 aliphatic rings. The zero-order chi connectivity index (χ0) is 82.4. The second-order valence-corrected chi connectivity index (χ2v) is 35.5. The molecule has 0 unspecified atom stereocenters. The summed E-state index contributed by atoms with van der Waals surface area (Å²) in [6.45, 7) is 59.1. The predicted octanol–water partition coefficient (Wildman–Crippen LogP) is 22.2. The van der Waals surface area contributed by atoms with Gasteiger partial charge in [0.1, 0.15) is 29.3 Å². The highest BCUT2D eigenvalue weighted by Gasteiger charge is 2.34. The van der Waals surface area contributed by atoms with E-state index in [4.69, 9.17) is 32.9 Å². The number of halogens is 1. The molecule has 0 atom stereocenters. The molecule has 1 aliphatic carbocycles. The van der Waals surface area contributed by atoms with Crippen LogP contribution in [0.25, 0.3) is 56.8 Å². The van der Waals surface area contributed by atoms with Crippen molar-refractivity contribution in [3.8, 4) is 74.4 Å². The van der Waals surface area contributed by atoms with Gasteiger partial charge in [-0.2, -0.15) is 5.26 Å². The standard InChI is InChI=1S/C20H25N3.C19H25N3O.C19H27N3.C18H24FN3O.C17H22N2/c1-12(2)17-13(3)16(11-21)18(23-19(17)22)14-7-9-15(10-8-14)20(4,5)6;1-10(2)15-11(3)21-18(22-17(15)20)13-6-7-14-12(16(13)23)8-9-19(14,4)5;1-12(2)17-13(3)21-18(22-16(17)11-20)14-7-9-15(10-8-14)19(4,5)6;1-9(2)13-10(3)21-17(22-16(13)20)11-7-8-12(18(4,5)6)14(19)15(11)23;1-12(2)14-10-18-16(19-11-14)13-6-8-15(9-7-13)17(3,4)5/h7-10,12H,1-6H3,(H2,22,23);6-7,10,23H,8-9H2,1-5H3,(H2,20,21,22);7-10,12H,11,20H2,1-6H3;7-9,23H,1-6H3,(H2,20,21,22);6-12H,1-5H3. The van der Waals surface area contributed by atoms with Crippen molar-refractivity contribution in [3.05, 3.63) is 210 Å². The molecule has 5 heterocycles. The minimum atomic E-state index is -0.636. The lowest BCUT2D eigenvalue weighted by molar-refractivity contribution is 0.418. The van der Waals surface area contributed by atoms with E-state index in [0.29, 0.717) is 69.8 Å². The largest absolute Gasteiger partial charge is 0.507 e. The Morgan fingerprint density at radius 1 is 0.464 bits per heavy atom. The molecule has 5 aromatic carbocycles. The van der Waals surface area contributed by atoms with Gasteiger partial charge in [-0.1, -0.05) is 251 Å². The second-order valence-electron chi connectivity index (χ2n) is 35.5. The number of fused-ring (bicyclic) bond motifs is 1. The van der Waals surface area contributed by atoms with Crippen LogP contribution in [0, 0.1) is 44.8 Å². The summed E-state index contributed by atoms with van der Waals surface area (Å²) in [5.41, 5.74) is 45.9. The van der Waals surface area contributed by atoms with Crippen molar-refractivity contribution in [1.82, 2.24) is 44.9 Å². The Labute approximate surface area is 656 Å². The van der Waals surface area contributed by atoms with E-state index >= 15 is 0 Å². The summed E-state index contributed by atoms with van der Waals surface area (Å²) in [4.78, 5) is 40.6. The highest BCUT2D eigenvalue weighted by Crippen LogP contribution is 2.46. The van der Waals surface area contributed by atoms with E-state index in [9.17, 15) is 19.9 Å². The highest BCUT2D eigenvalue weighted by molar-refractivity contribution is 5.74. The number of hydrogen-bond acceptors (Lipinski definition) is 16. The van der Waals surface area contributed by atoms with Crippen molar-refractivity contribution in [2.45, 2.75) is 270 Å². The number of phenolic OH excluding ortho intramolecular Hbond substituents is 2. The molecule has 16 nitrogen and oxygen atoms in total. The summed E-state index contributed by atoms with van der Waals surface area (Å²) in [5.74, 6) is 4.50. The number of pyridine rings is 1. The monoisotopic (exact) mass is 1490 g/mol. The topological polar surface area (TPSA) is 284 Å². The minimum Gasteiger partial charge on any atom is -0.507 e. The fourth-order valence-electron chi connectivity index (χ4n) is 14.1. The average Bonchev–Trinajstić information content (AvgIpc) is 1.26. The van der Waals surface area contributed by atoms with E-state index in [1.807, 2.05) is 92.9 Å². The smallest absolute Gasteiger partial charge is 0.169 e. The van der Waals surface area contributed by atoms with E-state index in [0.717, 1.165) is 91.8 Å². The summed E-state index contributed by atoms with van der Waals surface area (Å²) in [6, 6.07) is 34.9. The number of nitrogen functional groups attached to an aromatic ring is 3. The highest BCUT2D eigenvalue weighted by atomic mass is 19.1. The molecule has 10 aromatic rings. The van der Waals surface area contributed by atoms with Gasteiger partial charge in [0.05, 0.1) is 28.1 Å². The van der Waals surface area contributed by atoms with Gasteiger partial charge < -0.3 is 33.1 Å². The lowest BCUT2D eigenvalue weighted by atomic mass is 9.85. The number of benzene rings is 5. The van der Waals surface area contributed by atoms with E-state index < -0.39 is 17.0 Å². The number of nitrogens with zero attached hydrogens (tertiary/aromatic N) is 10. The predicted molar refractivity (Wildman–Crippen MR) is 454 cm³/mol. The van der Waals surface area contributed by atoms with Crippen LogP contribution in [0.5, 0.6) is 11.5 Å². The average molecular weight is 1490 g/mol. The van der Waals surface area contributed by atoms with Crippen LogP contribution < -0.4 is 22.9 Å². The van der Waals surface area contributed by atoms with E-state index in [1.54, 1.807) is 12.1 Å². The number of aryl methyl sites for hydroxylation is 3. The molecule has 17 heteroatoms. The van der Waals surface area contributed by atoms with Crippen LogP contribution in [0.1, 0.15) is 297 Å². The lowest BCUT2D eigenvalue weighted by Gasteiger charge is -2.21. The number of phenols is 2. The zero-order valence-corrected chi connectivity index (χ0v) is 71.0. The third-order valence-corrected chi connectivity index (χ3v) is 20.5. The number of anilines is 3. The van der Waals surface area contributed by atoms with Crippen LogP contribution in [-0.2, 0) is 40.0 Å². The second kappa shape index (κ2) is 34.9. The van der Waals surface area contributed by atoms with Gasteiger partial charge in [0.2, 0.25) is 0 Å². The van der Waals surface area contributed by atoms with Gasteiger partial charge in [0, 0.05) is 69.4 Å². The van der Waals surface area contributed by atoms with Gasteiger partial charge in [0.15, 0.2) is 34.9 Å². The summed E-state index contributed by atoms with van der Waals surface area (Å²) in [7, 11) is 0. The summed E-state index contributed by atoms with van der Waals surface area (Å²) in [6.07, 6.45) is 5.78. The molecule has 0 aliphatic heterocycles. The number of nitriles is 1. The maximum absolute atomic E-state index is 14.5. The Hall–Kier alpha value is -10.1. The van der Waals surface area contributed by atoms with Crippen LogP contribution in [0.4, 0.5) is 21.8 Å². The fraction of sp³-hybridized carbons (Fsp3) is 0.441. The van der Waals surface area contributed by atoms with Crippen LogP contribution in [0.2, 0.25) is 0 Å². The number of aromatic nitrogens is 9. The summed E-state index contributed by atoms with van der Waals surface area (Å²) >= 11 is 0. The molecular weight excluding hydrogens is 1360 g/mol. The lowest BCUT2D eigenvalue weighted by Crippen LogP contribution is -2.14. The van der Waals surface area contributed by atoms with Gasteiger partial charge in [0.25, 0.3) is 0 Å². The SMILES string of the molecule is CC(C)c1cnc(-c2ccc(C(C)(C)C)cc2)nc1.Cc1c(C#N)c(-c2ccc(C(C)(C)C)cc2)nc(N)c1C(C)C.Cc1nc(-c2ccc(C(C)(C)C)c(F)c2O)nc(N)c1C(C)C.Cc1nc(-c2ccc(C(C)(C)C)cc2)nc(CN)c1C(C)C.Cc1nc(-c2ccc3c(c2O)CCC3(C)C)nc(N)c1C(C)C. The molecule has 0 radical (unpaired) electrons. The molecule has 0 amide bonds. The van der Waals surface area contributed by atoms with Gasteiger partial charge in [-0.05, 0) is 159 Å². The summed E-state index contributed by atoms with van der Waals surface area (Å²) < 4.78 is 14.5. The first kappa shape index (κ1) is 87.2. The third kappa shape index (κ3) is 20.5. The molecule has 0 saturated heterocycles. The van der Waals surface area contributed by atoms with Crippen molar-refractivity contribution in [2.24, 2.45) is 5.73 Å². The van der Waals surface area contributed by atoms with Gasteiger partial charge in [-0.3, -0.25) is 0 Å². The Morgan fingerprint density at radius 2 is 0.855 bits per heavy atom. The first-order valence-electron chi connectivity index (χ1n) is 38.6. The van der Waals surface area contributed by atoms with Crippen LogP contribution in [-0.4, -0.2) is 55.1 Å². The van der Waals surface area contributed by atoms with Crippen molar-refractivity contribution >= 4 is 17.5 Å². The van der Waals surface area contributed by atoms with E-state index in [1.165, 1.54) is 33.4 Å². The Kier molecular flexibility index (Phi) is 27.7.